The Morgan fingerprint density at radius 1 is 1.09 bits per heavy atom. The van der Waals surface area contributed by atoms with Crippen LogP contribution in [0.4, 0.5) is 0 Å². The first-order valence-corrected chi connectivity index (χ1v) is 12.4. The molecule has 2 heterocycles. The van der Waals surface area contributed by atoms with Crippen LogP contribution < -0.4 is 10.1 Å². The van der Waals surface area contributed by atoms with E-state index < -0.39 is 0 Å². The number of nitrogens with one attached hydrogen (secondary N) is 1. The Hall–Kier alpha value is -2.90. The van der Waals surface area contributed by atoms with Gasteiger partial charge in [-0.2, -0.15) is 4.98 Å². The Bertz CT molecular complexity index is 1160. The standard InChI is InChI=1S/C26H29ClN4O2S/c1-4-6-7-16-31-17(3)22(23(28-26(31)34)18-8-12-20(27)13-9-18)25-29-24(30-33-25)19-10-14-21(15-11-19)32-5-2/h8-15,23H,4-7,16H2,1-3H3,(H,28,34). The van der Waals surface area contributed by atoms with Gasteiger partial charge >= 0.3 is 0 Å². The number of hydrogen-bond acceptors (Lipinski definition) is 5. The Morgan fingerprint density at radius 2 is 1.82 bits per heavy atom. The molecule has 0 saturated carbocycles. The topological polar surface area (TPSA) is 63.4 Å². The van der Waals surface area contributed by atoms with Crippen molar-refractivity contribution in [2.24, 2.45) is 0 Å². The molecule has 1 aliphatic heterocycles. The molecule has 8 heteroatoms. The molecule has 1 aliphatic rings. The lowest BCUT2D eigenvalue weighted by molar-refractivity contribution is 0.340. The Balaban J connectivity index is 1.72. The third-order valence-electron chi connectivity index (χ3n) is 5.86. The van der Waals surface area contributed by atoms with Crippen molar-refractivity contribution < 1.29 is 9.26 Å². The number of aromatic nitrogens is 2. The first-order valence-electron chi connectivity index (χ1n) is 11.6. The molecular formula is C26H29ClN4O2S. The van der Waals surface area contributed by atoms with E-state index in [1.54, 1.807) is 0 Å². The number of ether oxygens (including phenoxy) is 1. The Labute approximate surface area is 210 Å². The second-order valence-corrected chi connectivity index (χ2v) is 9.00. The lowest BCUT2D eigenvalue weighted by Crippen LogP contribution is -2.46. The molecule has 0 saturated heterocycles. The molecular weight excluding hydrogens is 468 g/mol. The van der Waals surface area contributed by atoms with Gasteiger partial charge in [-0.05, 0) is 74.4 Å². The molecule has 6 nitrogen and oxygen atoms in total. The average molecular weight is 497 g/mol. The maximum atomic E-state index is 6.14. The monoisotopic (exact) mass is 496 g/mol. The maximum absolute atomic E-state index is 6.14. The third-order valence-corrected chi connectivity index (χ3v) is 6.46. The van der Waals surface area contributed by atoms with Crippen molar-refractivity contribution in [2.75, 3.05) is 13.2 Å². The molecule has 1 atom stereocenters. The minimum atomic E-state index is -0.221. The van der Waals surface area contributed by atoms with Crippen LogP contribution in [0.3, 0.4) is 0 Å². The van der Waals surface area contributed by atoms with Crippen LogP contribution in [-0.4, -0.2) is 33.3 Å². The molecule has 3 aromatic rings. The maximum Gasteiger partial charge on any atom is 0.258 e. The minimum Gasteiger partial charge on any atom is -0.494 e. The number of hydrogen-bond donors (Lipinski definition) is 1. The van der Waals surface area contributed by atoms with E-state index in [0.717, 1.165) is 54.0 Å². The summed E-state index contributed by atoms with van der Waals surface area (Å²) in [6.45, 7) is 7.68. The Kier molecular flexibility index (Phi) is 7.85. The van der Waals surface area contributed by atoms with Crippen molar-refractivity contribution in [1.29, 1.82) is 0 Å². The van der Waals surface area contributed by atoms with Crippen LogP contribution >= 0.6 is 23.8 Å². The van der Waals surface area contributed by atoms with Crippen LogP contribution in [0.5, 0.6) is 5.75 Å². The van der Waals surface area contributed by atoms with Gasteiger partial charge in [-0.1, -0.05) is 48.7 Å². The van der Waals surface area contributed by atoms with Crippen LogP contribution in [0, 0.1) is 0 Å². The van der Waals surface area contributed by atoms with Gasteiger partial charge in [0.05, 0.1) is 18.2 Å². The molecule has 4 rings (SSSR count). The number of halogens is 1. The van der Waals surface area contributed by atoms with Gasteiger partial charge in [-0.15, -0.1) is 0 Å². The summed E-state index contributed by atoms with van der Waals surface area (Å²) in [5.41, 5.74) is 3.81. The number of benzene rings is 2. The second kappa shape index (κ2) is 11.0. The first-order chi connectivity index (χ1) is 16.5. The molecule has 2 aromatic carbocycles. The number of rotatable bonds is 9. The SMILES string of the molecule is CCCCCN1C(=S)NC(c2ccc(Cl)cc2)C(c2nc(-c3ccc(OCC)cc3)no2)=C1C. The highest BCUT2D eigenvalue weighted by molar-refractivity contribution is 7.80. The van der Waals surface area contributed by atoms with Crippen molar-refractivity contribution in [2.45, 2.75) is 46.1 Å². The van der Waals surface area contributed by atoms with Gasteiger partial charge in [0, 0.05) is 22.8 Å². The molecule has 0 amide bonds. The summed E-state index contributed by atoms with van der Waals surface area (Å²) < 4.78 is 11.3. The number of nitrogens with zero attached hydrogens (tertiary/aromatic N) is 3. The van der Waals surface area contributed by atoms with E-state index >= 15 is 0 Å². The highest BCUT2D eigenvalue weighted by atomic mass is 35.5. The van der Waals surface area contributed by atoms with E-state index in [9.17, 15) is 0 Å². The van der Waals surface area contributed by atoms with Crippen LogP contribution in [0.25, 0.3) is 17.0 Å². The normalized spacial score (nSPS) is 16.1. The second-order valence-electron chi connectivity index (χ2n) is 8.17. The largest absolute Gasteiger partial charge is 0.494 e. The smallest absolute Gasteiger partial charge is 0.258 e. The van der Waals surface area contributed by atoms with Crippen LogP contribution in [0.1, 0.15) is 57.5 Å². The number of thiocarbonyl (C=S) groups is 1. The summed E-state index contributed by atoms with van der Waals surface area (Å²) in [5, 5.41) is 9.14. The van der Waals surface area contributed by atoms with Crippen molar-refractivity contribution in [3.05, 3.63) is 70.7 Å². The van der Waals surface area contributed by atoms with Gasteiger partial charge in [0.15, 0.2) is 5.11 Å². The van der Waals surface area contributed by atoms with Gasteiger partial charge in [0.1, 0.15) is 5.75 Å². The molecule has 0 radical (unpaired) electrons. The Morgan fingerprint density at radius 3 is 2.50 bits per heavy atom. The van der Waals surface area contributed by atoms with Crippen LogP contribution in [0.15, 0.2) is 58.8 Å². The molecule has 0 aliphatic carbocycles. The van der Waals surface area contributed by atoms with Gasteiger partial charge in [-0.3, -0.25) is 0 Å². The van der Waals surface area contributed by atoms with E-state index in [4.69, 9.17) is 38.1 Å². The average Bonchev–Trinajstić information content (AvgIpc) is 3.32. The first kappa shape index (κ1) is 24.2. The molecule has 34 heavy (non-hydrogen) atoms. The molecule has 1 aromatic heterocycles. The third kappa shape index (κ3) is 5.26. The van der Waals surface area contributed by atoms with Crippen molar-refractivity contribution in [1.82, 2.24) is 20.4 Å². The van der Waals surface area contributed by atoms with Gasteiger partial charge in [0.25, 0.3) is 5.89 Å². The predicted octanol–water partition coefficient (Wildman–Crippen LogP) is 6.64. The molecule has 0 fully saturated rings. The van der Waals surface area contributed by atoms with Gasteiger partial charge in [-0.25, -0.2) is 0 Å². The highest BCUT2D eigenvalue weighted by Gasteiger charge is 2.33. The molecule has 0 spiro atoms. The van der Waals surface area contributed by atoms with Crippen molar-refractivity contribution >= 4 is 34.5 Å². The molecule has 0 bridgehead atoms. The molecule has 1 N–H and O–H groups in total. The summed E-state index contributed by atoms with van der Waals surface area (Å²) in [6, 6.07) is 15.2. The summed E-state index contributed by atoms with van der Waals surface area (Å²) in [6.07, 6.45) is 3.34. The number of allylic oxidation sites excluding steroid dienone is 1. The van der Waals surface area contributed by atoms with Crippen LogP contribution in [-0.2, 0) is 0 Å². The highest BCUT2D eigenvalue weighted by Crippen LogP contribution is 2.38. The van der Waals surface area contributed by atoms with Gasteiger partial charge < -0.3 is 19.5 Å². The van der Waals surface area contributed by atoms with E-state index in [-0.39, 0.29) is 6.04 Å². The lowest BCUT2D eigenvalue weighted by Gasteiger charge is -2.37. The zero-order valence-electron chi connectivity index (χ0n) is 19.7. The zero-order valence-corrected chi connectivity index (χ0v) is 21.2. The van der Waals surface area contributed by atoms with E-state index in [0.29, 0.717) is 28.5 Å². The molecule has 1 unspecified atom stereocenters. The summed E-state index contributed by atoms with van der Waals surface area (Å²) >= 11 is 11.9. The van der Waals surface area contributed by atoms with Crippen molar-refractivity contribution in [3.63, 3.8) is 0 Å². The molecule has 178 valence electrons. The van der Waals surface area contributed by atoms with E-state index in [2.05, 4.69) is 29.2 Å². The predicted molar refractivity (Wildman–Crippen MR) is 140 cm³/mol. The fourth-order valence-electron chi connectivity index (χ4n) is 4.07. The minimum absolute atomic E-state index is 0.221. The van der Waals surface area contributed by atoms with Crippen LogP contribution in [0.2, 0.25) is 5.02 Å². The lowest BCUT2D eigenvalue weighted by atomic mass is 9.94. The van der Waals surface area contributed by atoms with E-state index in [1.165, 1.54) is 0 Å². The summed E-state index contributed by atoms with van der Waals surface area (Å²) in [7, 11) is 0. The summed E-state index contributed by atoms with van der Waals surface area (Å²) in [4.78, 5) is 6.90. The van der Waals surface area contributed by atoms with Gasteiger partial charge in [0.2, 0.25) is 5.82 Å². The van der Waals surface area contributed by atoms with Crippen molar-refractivity contribution in [3.8, 4) is 17.1 Å². The fourth-order valence-corrected chi connectivity index (χ4v) is 4.54. The fraction of sp³-hybridized carbons (Fsp3) is 0.346. The summed E-state index contributed by atoms with van der Waals surface area (Å²) in [5.74, 6) is 1.81. The number of unbranched alkanes of at least 4 members (excludes halogenated alkanes) is 2. The zero-order chi connectivity index (χ0) is 24.1. The van der Waals surface area contributed by atoms with E-state index in [1.807, 2.05) is 55.5 Å². The quantitative estimate of drug-likeness (QED) is 0.263.